The number of benzene rings is 3. The molecule has 0 heterocycles. The second-order valence-electron chi connectivity index (χ2n) is 7.18. The number of nitrogens with zero attached hydrogens (tertiary/aromatic N) is 1. The van der Waals surface area contributed by atoms with E-state index in [1.807, 2.05) is 44.2 Å². The molecule has 4 nitrogen and oxygen atoms in total. The normalized spacial score (nSPS) is 10.5. The van der Waals surface area contributed by atoms with E-state index in [0.717, 1.165) is 5.56 Å². The van der Waals surface area contributed by atoms with Crippen LogP contribution in [0.25, 0.3) is 0 Å². The number of rotatable bonds is 9. The number of ether oxygens (including phenoxy) is 1. The van der Waals surface area contributed by atoms with E-state index in [0.29, 0.717) is 36.6 Å². The lowest BCUT2D eigenvalue weighted by Crippen LogP contribution is -2.31. The first-order valence-electron chi connectivity index (χ1n) is 10.4. The second-order valence-corrected chi connectivity index (χ2v) is 7.18. The van der Waals surface area contributed by atoms with E-state index in [1.54, 1.807) is 29.2 Å². The van der Waals surface area contributed by atoms with Gasteiger partial charge in [0, 0.05) is 30.6 Å². The summed E-state index contributed by atoms with van der Waals surface area (Å²) in [4.78, 5) is 27.2. The molecule has 0 radical (unpaired) electrons. The Balaban J connectivity index is 1.70. The first kappa shape index (κ1) is 22.2. The zero-order valence-electron chi connectivity index (χ0n) is 17.8. The monoisotopic (exact) mass is 419 g/mol. The zero-order chi connectivity index (χ0) is 22.2. The highest BCUT2D eigenvalue weighted by Gasteiger charge is 2.19. The fourth-order valence-corrected chi connectivity index (χ4v) is 3.34. The molecule has 0 saturated carbocycles. The summed E-state index contributed by atoms with van der Waals surface area (Å²) in [6.07, 6.45) is 0.0207. The van der Waals surface area contributed by atoms with Crippen LogP contribution in [-0.4, -0.2) is 29.7 Å². The lowest BCUT2D eigenvalue weighted by Gasteiger charge is -2.20. The number of halogens is 1. The summed E-state index contributed by atoms with van der Waals surface area (Å²) in [6, 6.07) is 20.8. The zero-order valence-corrected chi connectivity index (χ0v) is 17.8. The van der Waals surface area contributed by atoms with E-state index >= 15 is 0 Å². The number of hydrogen-bond donors (Lipinski definition) is 0. The lowest BCUT2D eigenvalue weighted by molar-refractivity contribution is 0.0771. The van der Waals surface area contributed by atoms with Crippen molar-refractivity contribution in [3.05, 3.63) is 101 Å². The van der Waals surface area contributed by atoms with Crippen LogP contribution in [0.2, 0.25) is 0 Å². The molecule has 3 aromatic rings. The Morgan fingerprint density at radius 2 is 1.58 bits per heavy atom. The molecule has 0 aromatic heterocycles. The highest BCUT2D eigenvalue weighted by Crippen LogP contribution is 2.19. The van der Waals surface area contributed by atoms with Crippen molar-refractivity contribution in [2.45, 2.75) is 26.9 Å². The Hall–Kier alpha value is -3.47. The van der Waals surface area contributed by atoms with Gasteiger partial charge in [0.15, 0.2) is 5.78 Å². The van der Waals surface area contributed by atoms with Crippen molar-refractivity contribution in [3.63, 3.8) is 0 Å². The molecular weight excluding hydrogens is 393 g/mol. The number of carbonyl (C=O) groups excluding carboxylic acids is 2. The van der Waals surface area contributed by atoms with Gasteiger partial charge in [-0.3, -0.25) is 9.59 Å². The van der Waals surface area contributed by atoms with Crippen LogP contribution in [0, 0.1) is 5.82 Å². The highest BCUT2D eigenvalue weighted by atomic mass is 19.1. The minimum absolute atomic E-state index is 0.0207. The van der Waals surface area contributed by atoms with Gasteiger partial charge < -0.3 is 9.64 Å². The molecule has 1 amide bonds. The minimum atomic E-state index is -0.494. The van der Waals surface area contributed by atoms with Gasteiger partial charge in [-0.15, -0.1) is 0 Å². The van der Waals surface area contributed by atoms with Crippen LogP contribution in [0.5, 0.6) is 5.75 Å². The molecule has 5 heteroatoms. The van der Waals surface area contributed by atoms with Crippen molar-refractivity contribution in [3.8, 4) is 5.75 Å². The Morgan fingerprint density at radius 3 is 2.23 bits per heavy atom. The smallest absolute Gasteiger partial charge is 0.254 e. The van der Waals surface area contributed by atoms with Crippen molar-refractivity contribution in [2.75, 3.05) is 13.1 Å². The van der Waals surface area contributed by atoms with Crippen molar-refractivity contribution >= 4 is 11.7 Å². The van der Waals surface area contributed by atoms with Crippen molar-refractivity contribution in [1.29, 1.82) is 0 Å². The van der Waals surface area contributed by atoms with Gasteiger partial charge >= 0.3 is 0 Å². The van der Waals surface area contributed by atoms with Crippen molar-refractivity contribution in [2.24, 2.45) is 0 Å². The van der Waals surface area contributed by atoms with E-state index in [2.05, 4.69) is 0 Å². The molecule has 0 saturated heterocycles. The van der Waals surface area contributed by atoms with Crippen LogP contribution < -0.4 is 4.74 Å². The molecule has 0 atom stereocenters. The summed E-state index contributed by atoms with van der Waals surface area (Å²) in [5.74, 6) is -0.238. The average Bonchev–Trinajstić information content (AvgIpc) is 2.80. The third kappa shape index (κ3) is 5.79. The molecule has 3 aromatic carbocycles. The Kier molecular flexibility index (Phi) is 7.55. The number of Topliss-reactive ketones (excluding diaryl/α,β-unsaturated/α-hetero) is 1. The van der Waals surface area contributed by atoms with E-state index in [4.69, 9.17) is 4.74 Å². The maximum Gasteiger partial charge on any atom is 0.254 e. The van der Waals surface area contributed by atoms with Gasteiger partial charge in [-0.2, -0.15) is 0 Å². The largest absolute Gasteiger partial charge is 0.489 e. The molecular formula is C26H26FNO3. The fraction of sp³-hybridized carbons (Fsp3) is 0.231. The summed E-state index contributed by atoms with van der Waals surface area (Å²) in [5, 5.41) is 0. The molecule has 0 fully saturated rings. The molecule has 0 aliphatic heterocycles. The van der Waals surface area contributed by atoms with Crippen LogP contribution in [0.15, 0.2) is 72.8 Å². The van der Waals surface area contributed by atoms with Gasteiger partial charge in [0.05, 0.1) is 0 Å². The third-order valence-corrected chi connectivity index (χ3v) is 5.13. The Bertz CT molecular complexity index is 1030. The lowest BCUT2D eigenvalue weighted by atomic mass is 9.97. The van der Waals surface area contributed by atoms with Gasteiger partial charge in [0.25, 0.3) is 5.91 Å². The van der Waals surface area contributed by atoms with Crippen LogP contribution in [0.4, 0.5) is 4.39 Å². The molecule has 0 unspecified atom stereocenters. The number of ketones is 1. The minimum Gasteiger partial charge on any atom is -0.489 e. The predicted octanol–water partition coefficient (Wildman–Crippen LogP) is 5.31. The molecule has 160 valence electrons. The maximum atomic E-state index is 13.8. The van der Waals surface area contributed by atoms with Crippen LogP contribution >= 0.6 is 0 Å². The standard InChI is InChI=1S/C26H26FNO3/c1-3-28(4-2)26(30)24-17-22(27)13-10-21(24)16-25(29)20-11-14-23(15-12-20)31-18-19-8-6-5-7-9-19/h5-15,17H,3-4,16,18H2,1-2H3. The van der Waals surface area contributed by atoms with E-state index in [9.17, 15) is 14.0 Å². The number of hydrogen-bond acceptors (Lipinski definition) is 3. The first-order chi connectivity index (χ1) is 15.0. The van der Waals surface area contributed by atoms with E-state index in [-0.39, 0.29) is 23.7 Å². The number of amides is 1. The van der Waals surface area contributed by atoms with Crippen LogP contribution in [0.3, 0.4) is 0 Å². The quantitative estimate of drug-likeness (QED) is 0.442. The summed E-state index contributed by atoms with van der Waals surface area (Å²) in [7, 11) is 0. The van der Waals surface area contributed by atoms with Gasteiger partial charge in [-0.05, 0) is 61.4 Å². The molecule has 0 spiro atoms. The summed E-state index contributed by atoms with van der Waals surface area (Å²) >= 11 is 0. The molecule has 31 heavy (non-hydrogen) atoms. The molecule has 3 rings (SSSR count). The number of carbonyl (C=O) groups is 2. The van der Waals surface area contributed by atoms with Crippen LogP contribution in [0.1, 0.15) is 45.7 Å². The SMILES string of the molecule is CCN(CC)C(=O)c1cc(F)ccc1CC(=O)c1ccc(OCc2ccccc2)cc1. The summed E-state index contributed by atoms with van der Waals surface area (Å²) < 4.78 is 19.6. The third-order valence-electron chi connectivity index (χ3n) is 5.13. The highest BCUT2D eigenvalue weighted by molar-refractivity contribution is 6.01. The van der Waals surface area contributed by atoms with Crippen LogP contribution in [-0.2, 0) is 13.0 Å². The predicted molar refractivity (Wildman–Crippen MR) is 119 cm³/mol. The van der Waals surface area contributed by atoms with Crippen molar-refractivity contribution < 1.29 is 18.7 Å². The Labute approximate surface area is 182 Å². The van der Waals surface area contributed by atoms with E-state index in [1.165, 1.54) is 18.2 Å². The van der Waals surface area contributed by atoms with Gasteiger partial charge in [0.2, 0.25) is 0 Å². The van der Waals surface area contributed by atoms with Gasteiger partial charge in [-0.25, -0.2) is 4.39 Å². The van der Waals surface area contributed by atoms with E-state index < -0.39 is 5.82 Å². The molecule has 0 bridgehead atoms. The first-order valence-corrected chi connectivity index (χ1v) is 10.4. The fourth-order valence-electron chi connectivity index (χ4n) is 3.34. The second kappa shape index (κ2) is 10.5. The van der Waals surface area contributed by atoms with Gasteiger partial charge in [-0.1, -0.05) is 36.4 Å². The maximum absolute atomic E-state index is 13.8. The Morgan fingerprint density at radius 1 is 0.903 bits per heavy atom. The summed E-state index contributed by atoms with van der Waals surface area (Å²) in [5.41, 5.74) is 2.33. The average molecular weight is 419 g/mol. The van der Waals surface area contributed by atoms with Gasteiger partial charge in [0.1, 0.15) is 18.2 Å². The topological polar surface area (TPSA) is 46.6 Å². The molecule has 0 aliphatic rings. The molecule has 0 aliphatic carbocycles. The summed E-state index contributed by atoms with van der Waals surface area (Å²) in [6.45, 7) is 5.22. The molecule has 0 N–H and O–H groups in total. The van der Waals surface area contributed by atoms with Crippen molar-refractivity contribution in [1.82, 2.24) is 4.90 Å².